The zero-order valence-electron chi connectivity index (χ0n) is 12.9. The largest absolute Gasteiger partial charge is 0.342 e. The molecule has 1 N–H and O–H groups in total. The second-order valence-corrected chi connectivity index (χ2v) is 7.04. The summed E-state index contributed by atoms with van der Waals surface area (Å²) in [6.07, 6.45) is 5.66. The lowest BCUT2D eigenvalue weighted by Crippen LogP contribution is -2.48. The van der Waals surface area contributed by atoms with Crippen LogP contribution in [-0.4, -0.2) is 37.0 Å². The van der Waals surface area contributed by atoms with Crippen LogP contribution in [-0.2, 0) is 4.79 Å². The van der Waals surface area contributed by atoms with Crippen LogP contribution in [0.4, 0.5) is 0 Å². The van der Waals surface area contributed by atoms with Gasteiger partial charge in [-0.1, -0.05) is 20.8 Å². The lowest BCUT2D eigenvalue weighted by Gasteiger charge is -2.37. The van der Waals surface area contributed by atoms with Crippen molar-refractivity contribution in [2.75, 3.05) is 26.2 Å². The van der Waals surface area contributed by atoms with E-state index >= 15 is 0 Å². The Labute approximate surface area is 118 Å². The van der Waals surface area contributed by atoms with Crippen LogP contribution in [0.5, 0.6) is 0 Å². The lowest BCUT2D eigenvalue weighted by molar-refractivity contribution is -0.142. The Bertz CT molecular complexity index is 308. The van der Waals surface area contributed by atoms with E-state index < -0.39 is 0 Å². The van der Waals surface area contributed by atoms with E-state index in [1.54, 1.807) is 0 Å². The number of likely N-dealkylation sites (tertiary alicyclic amines) is 1. The molecule has 3 heteroatoms. The SMILES string of the molecule is CC(C)C1CCCN(C(=O)C2(C)CCNCC2)CC1. The molecule has 0 spiro atoms. The van der Waals surface area contributed by atoms with Crippen LogP contribution >= 0.6 is 0 Å². The third-order valence-electron chi connectivity index (χ3n) is 5.23. The van der Waals surface area contributed by atoms with Crippen LogP contribution in [0.2, 0.25) is 0 Å². The van der Waals surface area contributed by atoms with Gasteiger partial charge in [0.15, 0.2) is 0 Å². The average Bonchev–Trinajstić information content (AvgIpc) is 2.64. The molecule has 2 aliphatic rings. The summed E-state index contributed by atoms with van der Waals surface area (Å²) in [6, 6.07) is 0. The molecule has 0 aromatic heterocycles. The minimum atomic E-state index is -0.108. The van der Waals surface area contributed by atoms with Crippen molar-refractivity contribution in [2.45, 2.75) is 52.9 Å². The monoisotopic (exact) mass is 266 g/mol. The van der Waals surface area contributed by atoms with E-state index in [9.17, 15) is 4.79 Å². The number of rotatable bonds is 2. The minimum absolute atomic E-state index is 0.108. The Morgan fingerprint density at radius 3 is 2.53 bits per heavy atom. The first-order valence-electron chi connectivity index (χ1n) is 8.03. The molecule has 2 rings (SSSR count). The summed E-state index contributed by atoms with van der Waals surface area (Å²) in [5.74, 6) is 1.97. The van der Waals surface area contributed by atoms with Crippen molar-refractivity contribution in [3.05, 3.63) is 0 Å². The molecule has 1 atom stereocenters. The fraction of sp³-hybridized carbons (Fsp3) is 0.938. The first kappa shape index (κ1) is 14.8. The van der Waals surface area contributed by atoms with Crippen molar-refractivity contribution < 1.29 is 4.79 Å². The first-order valence-corrected chi connectivity index (χ1v) is 8.03. The normalized spacial score (nSPS) is 28.2. The van der Waals surface area contributed by atoms with Crippen LogP contribution < -0.4 is 5.32 Å². The molecule has 0 saturated carbocycles. The van der Waals surface area contributed by atoms with Crippen molar-refractivity contribution >= 4 is 5.91 Å². The molecule has 2 saturated heterocycles. The Kier molecular flexibility index (Phi) is 4.88. The van der Waals surface area contributed by atoms with E-state index in [-0.39, 0.29) is 5.41 Å². The second kappa shape index (κ2) is 6.25. The molecule has 2 aliphatic heterocycles. The summed E-state index contributed by atoms with van der Waals surface area (Å²) in [7, 11) is 0. The first-order chi connectivity index (χ1) is 9.03. The topological polar surface area (TPSA) is 32.3 Å². The van der Waals surface area contributed by atoms with Crippen LogP contribution in [0.15, 0.2) is 0 Å². The third-order valence-corrected chi connectivity index (χ3v) is 5.23. The van der Waals surface area contributed by atoms with Crippen LogP contribution in [0.1, 0.15) is 52.9 Å². The summed E-state index contributed by atoms with van der Waals surface area (Å²) in [5, 5.41) is 3.36. The predicted molar refractivity (Wildman–Crippen MR) is 79.0 cm³/mol. The van der Waals surface area contributed by atoms with Gasteiger partial charge in [-0.05, 0) is 57.0 Å². The molecule has 1 amide bonds. The molecule has 3 nitrogen and oxygen atoms in total. The minimum Gasteiger partial charge on any atom is -0.342 e. The highest BCUT2D eigenvalue weighted by Gasteiger charge is 2.38. The maximum absolute atomic E-state index is 12.8. The molecule has 0 aliphatic carbocycles. The van der Waals surface area contributed by atoms with E-state index in [1.165, 1.54) is 19.3 Å². The molecule has 110 valence electrons. The standard InChI is InChI=1S/C16H30N2O/c1-13(2)14-5-4-11-18(12-6-14)15(19)16(3)7-9-17-10-8-16/h13-14,17H,4-12H2,1-3H3. The highest BCUT2D eigenvalue weighted by Crippen LogP contribution is 2.32. The molecular weight excluding hydrogens is 236 g/mol. The van der Waals surface area contributed by atoms with Gasteiger partial charge in [0.2, 0.25) is 5.91 Å². The fourth-order valence-electron chi connectivity index (χ4n) is 3.57. The number of nitrogens with one attached hydrogen (secondary N) is 1. The number of amides is 1. The van der Waals surface area contributed by atoms with E-state index in [4.69, 9.17) is 0 Å². The van der Waals surface area contributed by atoms with Gasteiger partial charge >= 0.3 is 0 Å². The number of nitrogens with zero attached hydrogens (tertiary/aromatic N) is 1. The average molecular weight is 266 g/mol. The summed E-state index contributed by atoms with van der Waals surface area (Å²) in [6.45, 7) is 10.7. The van der Waals surface area contributed by atoms with Gasteiger partial charge in [0, 0.05) is 18.5 Å². The molecule has 0 aromatic rings. The van der Waals surface area contributed by atoms with Crippen molar-refractivity contribution in [1.82, 2.24) is 10.2 Å². The highest BCUT2D eigenvalue weighted by molar-refractivity contribution is 5.82. The number of piperidine rings is 1. The number of carbonyl (C=O) groups is 1. The van der Waals surface area contributed by atoms with Crippen LogP contribution in [0.3, 0.4) is 0 Å². The smallest absolute Gasteiger partial charge is 0.228 e. The van der Waals surface area contributed by atoms with Gasteiger partial charge in [0.25, 0.3) is 0 Å². The van der Waals surface area contributed by atoms with Gasteiger partial charge in [-0.3, -0.25) is 4.79 Å². The van der Waals surface area contributed by atoms with E-state index in [1.807, 2.05) is 0 Å². The number of hydrogen-bond donors (Lipinski definition) is 1. The lowest BCUT2D eigenvalue weighted by atomic mass is 9.79. The highest BCUT2D eigenvalue weighted by atomic mass is 16.2. The maximum atomic E-state index is 12.8. The summed E-state index contributed by atoms with van der Waals surface area (Å²) >= 11 is 0. The Morgan fingerprint density at radius 2 is 1.89 bits per heavy atom. The molecule has 2 heterocycles. The molecule has 19 heavy (non-hydrogen) atoms. The van der Waals surface area contributed by atoms with Gasteiger partial charge in [-0.15, -0.1) is 0 Å². The Hall–Kier alpha value is -0.570. The third kappa shape index (κ3) is 3.50. The Balaban J connectivity index is 1.95. The molecule has 0 radical (unpaired) electrons. The van der Waals surface area contributed by atoms with Gasteiger partial charge in [0.1, 0.15) is 0 Å². The summed E-state index contributed by atoms with van der Waals surface area (Å²) in [4.78, 5) is 15.0. The molecule has 0 aromatic carbocycles. The van der Waals surface area contributed by atoms with Crippen molar-refractivity contribution in [2.24, 2.45) is 17.3 Å². The fourth-order valence-corrected chi connectivity index (χ4v) is 3.57. The predicted octanol–water partition coefficient (Wildman–Crippen LogP) is 2.66. The quantitative estimate of drug-likeness (QED) is 0.833. The van der Waals surface area contributed by atoms with E-state index in [0.29, 0.717) is 5.91 Å². The zero-order chi connectivity index (χ0) is 13.9. The van der Waals surface area contributed by atoms with Gasteiger partial charge < -0.3 is 10.2 Å². The van der Waals surface area contributed by atoms with Gasteiger partial charge in [-0.2, -0.15) is 0 Å². The maximum Gasteiger partial charge on any atom is 0.228 e. The Morgan fingerprint density at radius 1 is 1.21 bits per heavy atom. The molecule has 0 bridgehead atoms. The van der Waals surface area contributed by atoms with Crippen molar-refractivity contribution in [1.29, 1.82) is 0 Å². The zero-order valence-corrected chi connectivity index (χ0v) is 12.9. The van der Waals surface area contributed by atoms with Crippen LogP contribution in [0.25, 0.3) is 0 Å². The second-order valence-electron chi connectivity index (χ2n) is 7.04. The molecular formula is C16H30N2O. The summed E-state index contributed by atoms with van der Waals surface area (Å²) < 4.78 is 0. The summed E-state index contributed by atoms with van der Waals surface area (Å²) in [5.41, 5.74) is -0.108. The van der Waals surface area contributed by atoms with Crippen molar-refractivity contribution in [3.8, 4) is 0 Å². The van der Waals surface area contributed by atoms with Crippen molar-refractivity contribution in [3.63, 3.8) is 0 Å². The molecule has 1 unspecified atom stereocenters. The van der Waals surface area contributed by atoms with Crippen LogP contribution in [0, 0.1) is 17.3 Å². The number of carbonyl (C=O) groups excluding carboxylic acids is 1. The van der Waals surface area contributed by atoms with Gasteiger partial charge in [0.05, 0.1) is 0 Å². The van der Waals surface area contributed by atoms with Gasteiger partial charge in [-0.25, -0.2) is 0 Å². The number of hydrogen-bond acceptors (Lipinski definition) is 2. The van der Waals surface area contributed by atoms with E-state index in [2.05, 4.69) is 31.0 Å². The van der Waals surface area contributed by atoms with E-state index in [0.717, 1.165) is 50.9 Å². The molecule has 2 fully saturated rings.